The van der Waals surface area contributed by atoms with E-state index < -0.39 is 26.7 Å². The first-order valence-corrected chi connectivity index (χ1v) is 8.71. The van der Waals surface area contributed by atoms with Gasteiger partial charge in [-0.05, 0) is 24.3 Å². The van der Waals surface area contributed by atoms with Crippen LogP contribution in [0.3, 0.4) is 0 Å². The molecule has 7 nitrogen and oxygen atoms in total. The number of hydrogen-bond donors (Lipinski definition) is 3. The molecule has 0 aromatic heterocycles. The van der Waals surface area contributed by atoms with Gasteiger partial charge in [-0.1, -0.05) is 24.3 Å². The van der Waals surface area contributed by atoms with E-state index in [1.807, 2.05) is 0 Å². The summed E-state index contributed by atoms with van der Waals surface area (Å²) in [6, 6.07) is 12.7. The number of anilines is 1. The molecule has 0 heterocycles. The molecule has 1 amide bonds. The number of nitriles is 1. The number of carbonyl (C=O) groups is 1. The van der Waals surface area contributed by atoms with Crippen LogP contribution in [0, 0.1) is 17.1 Å². The number of carbonyl (C=O) groups excluding carboxylic acids is 1. The second kappa shape index (κ2) is 8.24. The van der Waals surface area contributed by atoms with Gasteiger partial charge >= 0.3 is 0 Å². The van der Waals surface area contributed by atoms with Crippen molar-refractivity contribution in [1.82, 2.24) is 5.32 Å². The predicted octanol–water partition coefficient (Wildman–Crippen LogP) is 2.21. The lowest BCUT2D eigenvalue weighted by atomic mass is 10.2. The molecule has 0 aliphatic carbocycles. The van der Waals surface area contributed by atoms with Gasteiger partial charge < -0.3 is 10.6 Å². The van der Waals surface area contributed by atoms with Crippen LogP contribution in [-0.2, 0) is 21.5 Å². The van der Waals surface area contributed by atoms with E-state index in [0.717, 1.165) is 18.3 Å². The fourth-order valence-corrected chi connectivity index (χ4v) is 2.51. The number of nitrogens with one attached hydrogen (secondary N) is 2. The molecular weight excluding hydrogens is 361 g/mol. The lowest BCUT2D eigenvalue weighted by Crippen LogP contribution is -2.17. The first-order chi connectivity index (χ1) is 12.3. The number of nitrogens with zero attached hydrogens (tertiary/aromatic N) is 1. The average Bonchev–Trinajstić information content (AvgIpc) is 2.59. The molecule has 0 fully saturated rings. The molecule has 2 rings (SSSR count). The third-order valence-corrected chi connectivity index (χ3v) is 4.10. The lowest BCUT2D eigenvalue weighted by molar-refractivity contribution is -0.112. The monoisotopic (exact) mass is 375 g/mol. The van der Waals surface area contributed by atoms with Gasteiger partial charge in [0.2, 0.25) is 0 Å². The summed E-state index contributed by atoms with van der Waals surface area (Å²) in [6.07, 6.45) is 1.13. The van der Waals surface area contributed by atoms with Crippen molar-refractivity contribution in [3.8, 4) is 6.07 Å². The summed E-state index contributed by atoms with van der Waals surface area (Å²) >= 11 is 0. The van der Waals surface area contributed by atoms with Gasteiger partial charge in [0.1, 0.15) is 17.5 Å². The van der Waals surface area contributed by atoms with Crippen LogP contribution >= 0.6 is 0 Å². The summed E-state index contributed by atoms with van der Waals surface area (Å²) in [7, 11) is -4.41. The van der Waals surface area contributed by atoms with Crippen molar-refractivity contribution in [2.24, 2.45) is 0 Å². The van der Waals surface area contributed by atoms with Gasteiger partial charge in [0.15, 0.2) is 0 Å². The Morgan fingerprint density at radius 1 is 1.23 bits per heavy atom. The minimum Gasteiger partial charge on any atom is -0.385 e. The molecule has 0 saturated heterocycles. The molecule has 0 bridgehead atoms. The molecule has 0 saturated carbocycles. The van der Waals surface area contributed by atoms with Crippen molar-refractivity contribution in [2.45, 2.75) is 11.4 Å². The van der Waals surface area contributed by atoms with Crippen LogP contribution in [0.4, 0.5) is 10.1 Å². The van der Waals surface area contributed by atoms with Crippen LogP contribution in [0.2, 0.25) is 0 Å². The summed E-state index contributed by atoms with van der Waals surface area (Å²) in [5, 5.41) is 14.1. The average molecular weight is 375 g/mol. The van der Waals surface area contributed by atoms with Crippen molar-refractivity contribution in [2.75, 3.05) is 5.32 Å². The molecule has 0 atom stereocenters. The minimum absolute atomic E-state index is 0.0728. The molecule has 0 radical (unpaired) electrons. The topological polar surface area (TPSA) is 119 Å². The second-order valence-electron chi connectivity index (χ2n) is 5.10. The summed E-state index contributed by atoms with van der Waals surface area (Å²) in [5.74, 6) is -1.21. The summed E-state index contributed by atoms with van der Waals surface area (Å²) < 4.78 is 44.7. The standard InChI is InChI=1S/C17H14FN3O4S/c18-16-7-2-1-4-12(16)10-20-11-13(9-19)17(22)21-14-5-3-6-15(8-14)26(23,24)25/h1-8,11,20H,10H2,(H,21,22)(H,23,24,25)/b13-11-. The molecule has 0 spiro atoms. The first-order valence-electron chi connectivity index (χ1n) is 7.27. The van der Waals surface area contributed by atoms with Crippen LogP contribution in [0.15, 0.2) is 65.2 Å². The van der Waals surface area contributed by atoms with E-state index in [1.165, 1.54) is 18.2 Å². The highest BCUT2D eigenvalue weighted by atomic mass is 32.2. The number of rotatable bonds is 6. The van der Waals surface area contributed by atoms with E-state index in [-0.39, 0.29) is 17.8 Å². The number of hydrogen-bond acceptors (Lipinski definition) is 5. The first kappa shape index (κ1) is 19.1. The van der Waals surface area contributed by atoms with Crippen LogP contribution in [0.1, 0.15) is 5.56 Å². The molecule has 0 aliphatic heterocycles. The quantitative estimate of drug-likeness (QED) is 0.405. The molecule has 0 unspecified atom stereocenters. The number of amides is 1. The molecule has 134 valence electrons. The number of halogens is 1. The largest absolute Gasteiger partial charge is 0.385 e. The van der Waals surface area contributed by atoms with E-state index in [0.29, 0.717) is 5.56 Å². The van der Waals surface area contributed by atoms with Crippen molar-refractivity contribution < 1.29 is 22.2 Å². The molecule has 2 aromatic carbocycles. The minimum atomic E-state index is -4.41. The lowest BCUT2D eigenvalue weighted by Gasteiger charge is -2.07. The maximum absolute atomic E-state index is 13.5. The summed E-state index contributed by atoms with van der Waals surface area (Å²) in [4.78, 5) is 11.7. The van der Waals surface area contributed by atoms with Crippen molar-refractivity contribution >= 4 is 21.7 Å². The Morgan fingerprint density at radius 2 is 1.96 bits per heavy atom. The Bertz CT molecular complexity index is 997. The fourth-order valence-electron chi connectivity index (χ4n) is 1.99. The Kier molecular flexibility index (Phi) is 6.06. The second-order valence-corrected chi connectivity index (χ2v) is 6.52. The van der Waals surface area contributed by atoms with E-state index >= 15 is 0 Å². The zero-order valence-electron chi connectivity index (χ0n) is 13.3. The van der Waals surface area contributed by atoms with Gasteiger partial charge in [0.25, 0.3) is 16.0 Å². The van der Waals surface area contributed by atoms with E-state index in [4.69, 9.17) is 9.81 Å². The molecular formula is C17H14FN3O4S. The Hall–Kier alpha value is -3.22. The van der Waals surface area contributed by atoms with Gasteiger partial charge in [0, 0.05) is 24.0 Å². The zero-order chi connectivity index (χ0) is 19.2. The highest BCUT2D eigenvalue weighted by Gasteiger charge is 2.13. The van der Waals surface area contributed by atoms with Crippen LogP contribution in [0.25, 0.3) is 0 Å². The Balaban J connectivity index is 2.07. The van der Waals surface area contributed by atoms with Crippen LogP contribution in [0.5, 0.6) is 0 Å². The molecule has 2 aromatic rings. The van der Waals surface area contributed by atoms with Gasteiger partial charge in [-0.15, -0.1) is 0 Å². The summed E-state index contributed by atoms with van der Waals surface area (Å²) in [5.41, 5.74) is 0.154. The van der Waals surface area contributed by atoms with Gasteiger partial charge in [0.05, 0.1) is 4.90 Å². The fraction of sp³-hybridized carbons (Fsp3) is 0.0588. The number of benzene rings is 2. The van der Waals surface area contributed by atoms with Gasteiger partial charge in [-0.25, -0.2) is 4.39 Å². The predicted molar refractivity (Wildman–Crippen MR) is 91.8 cm³/mol. The third-order valence-electron chi connectivity index (χ3n) is 3.25. The highest BCUT2D eigenvalue weighted by molar-refractivity contribution is 7.85. The zero-order valence-corrected chi connectivity index (χ0v) is 14.1. The third kappa shape index (κ3) is 5.14. The summed E-state index contributed by atoms with van der Waals surface area (Å²) in [6.45, 7) is 0.0728. The van der Waals surface area contributed by atoms with Gasteiger partial charge in [-0.3, -0.25) is 9.35 Å². The van der Waals surface area contributed by atoms with E-state index in [9.17, 15) is 17.6 Å². The SMILES string of the molecule is N#C/C(=C/NCc1ccccc1F)C(=O)Nc1cccc(S(=O)(=O)O)c1. The molecule has 0 aliphatic rings. The van der Waals surface area contributed by atoms with Gasteiger partial charge in [-0.2, -0.15) is 13.7 Å². The van der Waals surface area contributed by atoms with Crippen LogP contribution < -0.4 is 10.6 Å². The molecule has 26 heavy (non-hydrogen) atoms. The van der Waals surface area contributed by atoms with Crippen molar-refractivity contribution in [3.63, 3.8) is 0 Å². The van der Waals surface area contributed by atoms with Crippen molar-refractivity contribution in [1.29, 1.82) is 5.26 Å². The highest BCUT2D eigenvalue weighted by Crippen LogP contribution is 2.15. The normalized spacial score (nSPS) is 11.5. The Labute approximate surface area is 149 Å². The van der Waals surface area contributed by atoms with E-state index in [1.54, 1.807) is 24.3 Å². The maximum Gasteiger partial charge on any atom is 0.294 e. The maximum atomic E-state index is 13.5. The molecule has 3 N–H and O–H groups in total. The van der Waals surface area contributed by atoms with Crippen molar-refractivity contribution in [3.05, 3.63) is 71.7 Å². The smallest absolute Gasteiger partial charge is 0.294 e. The van der Waals surface area contributed by atoms with Crippen LogP contribution in [-0.4, -0.2) is 18.9 Å². The van der Waals surface area contributed by atoms with E-state index in [2.05, 4.69) is 10.6 Å². The Morgan fingerprint density at radius 3 is 2.62 bits per heavy atom. The molecule has 9 heteroatoms.